The Labute approximate surface area is 187 Å². The van der Waals surface area contributed by atoms with Gasteiger partial charge in [0.1, 0.15) is 0 Å². The molecule has 0 aromatic heterocycles. The lowest BCUT2D eigenvalue weighted by atomic mass is 9.79. The SMILES string of the molecule is C=CCCC1CCC(/C=C/C2CC=C(c3ccc(OCCCC)c(F)c3F)CC2)CC1. The molecule has 1 aromatic rings. The first-order valence-electron chi connectivity index (χ1n) is 12.2. The molecule has 0 saturated heterocycles. The molecule has 1 unspecified atom stereocenters. The van der Waals surface area contributed by atoms with Crippen molar-refractivity contribution in [2.24, 2.45) is 17.8 Å². The molecule has 2 aliphatic carbocycles. The van der Waals surface area contributed by atoms with Crippen LogP contribution in [0.15, 0.2) is 43.0 Å². The average molecular weight is 429 g/mol. The first kappa shape index (κ1) is 23.8. The molecule has 0 radical (unpaired) electrons. The molecule has 3 heteroatoms. The molecular formula is C28H38F2O. The summed E-state index contributed by atoms with van der Waals surface area (Å²) < 4.78 is 34.4. The van der Waals surface area contributed by atoms with Crippen molar-refractivity contribution < 1.29 is 13.5 Å². The van der Waals surface area contributed by atoms with Gasteiger partial charge < -0.3 is 4.74 Å². The number of rotatable bonds is 10. The van der Waals surface area contributed by atoms with Gasteiger partial charge in [0, 0.05) is 5.56 Å². The van der Waals surface area contributed by atoms with Crippen LogP contribution in [0.5, 0.6) is 5.75 Å². The van der Waals surface area contributed by atoms with E-state index < -0.39 is 11.6 Å². The molecule has 0 bridgehead atoms. The molecule has 170 valence electrons. The van der Waals surface area contributed by atoms with Crippen LogP contribution < -0.4 is 4.74 Å². The van der Waals surface area contributed by atoms with Gasteiger partial charge in [0.2, 0.25) is 5.82 Å². The maximum absolute atomic E-state index is 14.6. The van der Waals surface area contributed by atoms with Crippen LogP contribution in [-0.2, 0) is 0 Å². The topological polar surface area (TPSA) is 9.23 Å². The van der Waals surface area contributed by atoms with Gasteiger partial charge >= 0.3 is 0 Å². The van der Waals surface area contributed by atoms with E-state index in [1.54, 1.807) is 12.1 Å². The van der Waals surface area contributed by atoms with Gasteiger partial charge in [0.05, 0.1) is 6.61 Å². The number of halogens is 2. The fourth-order valence-electron chi connectivity index (χ4n) is 4.83. The van der Waals surface area contributed by atoms with E-state index in [2.05, 4.69) is 24.8 Å². The Bertz CT molecular complexity index is 771. The molecule has 1 atom stereocenters. The largest absolute Gasteiger partial charge is 0.490 e. The van der Waals surface area contributed by atoms with Crippen molar-refractivity contribution in [3.8, 4) is 5.75 Å². The Morgan fingerprint density at radius 1 is 1.03 bits per heavy atom. The lowest BCUT2D eigenvalue weighted by molar-refractivity contribution is 0.288. The summed E-state index contributed by atoms with van der Waals surface area (Å²) in [5.41, 5.74) is 1.31. The number of benzene rings is 1. The Kier molecular flexibility index (Phi) is 9.36. The highest BCUT2D eigenvalue weighted by molar-refractivity contribution is 5.67. The summed E-state index contributed by atoms with van der Waals surface area (Å²) in [5.74, 6) is 0.472. The smallest absolute Gasteiger partial charge is 0.201 e. The van der Waals surface area contributed by atoms with Gasteiger partial charge in [-0.15, -0.1) is 6.58 Å². The minimum absolute atomic E-state index is 0.0196. The molecule has 0 spiro atoms. The average Bonchev–Trinajstić information content (AvgIpc) is 2.80. The van der Waals surface area contributed by atoms with Crippen LogP contribution in [0.4, 0.5) is 8.78 Å². The third kappa shape index (κ3) is 6.79. The van der Waals surface area contributed by atoms with E-state index in [-0.39, 0.29) is 5.75 Å². The van der Waals surface area contributed by atoms with Crippen molar-refractivity contribution >= 4 is 5.57 Å². The number of hydrogen-bond donors (Lipinski definition) is 0. The van der Waals surface area contributed by atoms with Crippen molar-refractivity contribution in [3.63, 3.8) is 0 Å². The first-order valence-corrected chi connectivity index (χ1v) is 12.2. The van der Waals surface area contributed by atoms with Gasteiger partial charge in [0.15, 0.2) is 11.6 Å². The van der Waals surface area contributed by atoms with E-state index in [9.17, 15) is 8.78 Å². The molecule has 0 heterocycles. The van der Waals surface area contributed by atoms with Crippen molar-refractivity contribution in [1.29, 1.82) is 0 Å². The van der Waals surface area contributed by atoms with E-state index >= 15 is 0 Å². The third-order valence-electron chi connectivity index (χ3n) is 6.93. The summed E-state index contributed by atoms with van der Waals surface area (Å²) >= 11 is 0. The summed E-state index contributed by atoms with van der Waals surface area (Å²) in [7, 11) is 0. The lowest BCUT2D eigenvalue weighted by Crippen LogP contribution is -2.13. The summed E-state index contributed by atoms with van der Waals surface area (Å²) in [6.07, 6.45) is 21.1. The predicted octanol–water partition coefficient (Wildman–Crippen LogP) is 8.66. The number of ether oxygens (including phenoxy) is 1. The zero-order valence-corrected chi connectivity index (χ0v) is 19.1. The monoisotopic (exact) mass is 428 g/mol. The van der Waals surface area contributed by atoms with Crippen LogP contribution in [0.2, 0.25) is 0 Å². The zero-order valence-electron chi connectivity index (χ0n) is 19.1. The summed E-state index contributed by atoms with van der Waals surface area (Å²) in [5, 5.41) is 0. The maximum Gasteiger partial charge on any atom is 0.201 e. The molecule has 31 heavy (non-hydrogen) atoms. The predicted molar refractivity (Wildman–Crippen MR) is 126 cm³/mol. The second kappa shape index (κ2) is 12.2. The highest BCUT2D eigenvalue weighted by Gasteiger charge is 2.22. The van der Waals surface area contributed by atoms with Crippen LogP contribution in [0.1, 0.15) is 83.1 Å². The fraction of sp³-hybridized carbons (Fsp3) is 0.571. The molecule has 0 N–H and O–H groups in total. The number of unbranched alkanes of at least 4 members (excludes halogenated alkanes) is 1. The van der Waals surface area contributed by atoms with Gasteiger partial charge in [-0.25, -0.2) is 4.39 Å². The van der Waals surface area contributed by atoms with E-state index in [4.69, 9.17) is 4.74 Å². The van der Waals surface area contributed by atoms with Crippen molar-refractivity contribution in [2.75, 3.05) is 6.61 Å². The summed E-state index contributed by atoms with van der Waals surface area (Å²) in [6.45, 7) is 6.29. The number of allylic oxidation sites excluding steroid dienone is 5. The summed E-state index contributed by atoms with van der Waals surface area (Å²) in [4.78, 5) is 0. The molecule has 1 saturated carbocycles. The zero-order chi connectivity index (χ0) is 22.1. The Morgan fingerprint density at radius 2 is 1.81 bits per heavy atom. The second-order valence-electron chi connectivity index (χ2n) is 9.24. The van der Waals surface area contributed by atoms with Crippen molar-refractivity contribution in [3.05, 3.63) is 60.2 Å². The Balaban J connectivity index is 1.51. The molecule has 0 amide bonds. The van der Waals surface area contributed by atoms with E-state index in [0.717, 1.165) is 50.0 Å². The van der Waals surface area contributed by atoms with Gasteiger partial charge in [-0.3, -0.25) is 0 Å². The van der Waals surface area contributed by atoms with E-state index in [1.807, 2.05) is 13.0 Å². The van der Waals surface area contributed by atoms with Crippen molar-refractivity contribution in [2.45, 2.75) is 77.6 Å². The van der Waals surface area contributed by atoms with Crippen LogP contribution in [0.25, 0.3) is 5.57 Å². The van der Waals surface area contributed by atoms with Crippen LogP contribution >= 0.6 is 0 Å². The molecule has 1 nitrogen and oxygen atoms in total. The summed E-state index contributed by atoms with van der Waals surface area (Å²) in [6, 6.07) is 3.24. The molecule has 1 aromatic carbocycles. The Hall–Kier alpha value is -1.90. The van der Waals surface area contributed by atoms with Crippen LogP contribution in [0.3, 0.4) is 0 Å². The van der Waals surface area contributed by atoms with Crippen LogP contribution in [0, 0.1) is 29.4 Å². The van der Waals surface area contributed by atoms with Gasteiger partial charge in [-0.2, -0.15) is 4.39 Å². The maximum atomic E-state index is 14.6. The highest BCUT2D eigenvalue weighted by atomic mass is 19.2. The van der Waals surface area contributed by atoms with E-state index in [1.165, 1.54) is 32.1 Å². The van der Waals surface area contributed by atoms with Crippen molar-refractivity contribution in [1.82, 2.24) is 0 Å². The third-order valence-corrected chi connectivity index (χ3v) is 6.93. The van der Waals surface area contributed by atoms with Crippen LogP contribution in [-0.4, -0.2) is 6.61 Å². The van der Waals surface area contributed by atoms with Gasteiger partial charge in [0.25, 0.3) is 0 Å². The second-order valence-corrected chi connectivity index (χ2v) is 9.24. The highest BCUT2D eigenvalue weighted by Crippen LogP contribution is 2.36. The molecule has 3 rings (SSSR count). The minimum atomic E-state index is -0.861. The minimum Gasteiger partial charge on any atom is -0.490 e. The normalized spacial score (nSPS) is 24.2. The standard InChI is InChI=1S/C28H38F2O/c1-3-5-7-21-8-10-22(11-9-21)12-13-23-14-16-24(17-15-23)25-18-19-26(28(30)27(25)29)31-20-6-4-2/h3,12-13,16,18-19,21-23H,1,4-11,14-15,17,20H2,2H3/b13-12+. The Morgan fingerprint density at radius 3 is 2.48 bits per heavy atom. The molecular weight excluding hydrogens is 390 g/mol. The molecule has 0 aliphatic heterocycles. The molecule has 1 fully saturated rings. The first-order chi connectivity index (χ1) is 15.1. The number of hydrogen-bond acceptors (Lipinski definition) is 1. The quantitative estimate of drug-likeness (QED) is 0.267. The molecule has 2 aliphatic rings. The lowest BCUT2D eigenvalue weighted by Gasteiger charge is -2.27. The fourth-order valence-corrected chi connectivity index (χ4v) is 4.83. The van der Waals surface area contributed by atoms with Gasteiger partial charge in [-0.05, 0) is 99.7 Å². The van der Waals surface area contributed by atoms with Gasteiger partial charge in [-0.1, -0.05) is 37.6 Å². The van der Waals surface area contributed by atoms with E-state index in [0.29, 0.717) is 24.0 Å².